The van der Waals surface area contributed by atoms with E-state index < -0.39 is 0 Å². The molecule has 0 radical (unpaired) electrons. The molecule has 3 rings (SSSR count). The van der Waals surface area contributed by atoms with Crippen molar-refractivity contribution in [2.24, 2.45) is 0 Å². The predicted octanol–water partition coefficient (Wildman–Crippen LogP) is 3.09. The fourth-order valence-corrected chi connectivity index (χ4v) is 3.04. The Morgan fingerprint density at radius 3 is 2.42 bits per heavy atom. The maximum atomic E-state index is 12.1. The second-order valence-corrected chi connectivity index (χ2v) is 6.88. The molecule has 1 aromatic heterocycles. The van der Waals surface area contributed by atoms with Gasteiger partial charge in [-0.05, 0) is 37.3 Å². The number of nitrogens with one attached hydrogen (secondary N) is 1. The summed E-state index contributed by atoms with van der Waals surface area (Å²) in [4.78, 5) is 36.2. The molecule has 0 aliphatic heterocycles. The molecule has 1 heterocycles. The van der Waals surface area contributed by atoms with Gasteiger partial charge in [0.25, 0.3) is 5.56 Å². The van der Waals surface area contributed by atoms with Gasteiger partial charge < -0.3 is 10.1 Å². The summed E-state index contributed by atoms with van der Waals surface area (Å²) in [6.07, 6.45) is 0.240. The molecule has 0 aliphatic carbocycles. The first-order valence-electron chi connectivity index (χ1n) is 10.2. The second-order valence-electron chi connectivity index (χ2n) is 6.88. The van der Waals surface area contributed by atoms with Gasteiger partial charge in [-0.15, -0.1) is 0 Å². The Morgan fingerprint density at radius 2 is 1.71 bits per heavy atom. The Bertz CT molecular complexity index is 1080. The molecule has 0 saturated heterocycles. The molecule has 160 valence electrons. The zero-order valence-corrected chi connectivity index (χ0v) is 17.4. The number of ether oxygens (including phenoxy) is 1. The highest BCUT2D eigenvalue weighted by Crippen LogP contribution is 2.19. The predicted molar refractivity (Wildman–Crippen MR) is 118 cm³/mol. The lowest BCUT2D eigenvalue weighted by atomic mass is 10.1. The summed E-state index contributed by atoms with van der Waals surface area (Å²) in [5, 5.41) is 7.13. The van der Waals surface area contributed by atoms with Gasteiger partial charge in [-0.3, -0.25) is 14.4 Å². The number of carbonyl (C=O) groups excluding carboxylic acids is 2. The first kappa shape index (κ1) is 22.0. The normalized spacial score (nSPS) is 10.5. The third-order valence-electron chi connectivity index (χ3n) is 4.65. The zero-order chi connectivity index (χ0) is 22.1. The molecule has 0 unspecified atom stereocenters. The zero-order valence-electron chi connectivity index (χ0n) is 17.4. The van der Waals surface area contributed by atoms with Crippen molar-refractivity contribution < 1.29 is 14.3 Å². The monoisotopic (exact) mass is 419 g/mol. The quantitative estimate of drug-likeness (QED) is 0.510. The van der Waals surface area contributed by atoms with E-state index in [9.17, 15) is 14.4 Å². The van der Waals surface area contributed by atoms with Gasteiger partial charge in [0.15, 0.2) is 5.78 Å². The van der Waals surface area contributed by atoms with Crippen molar-refractivity contribution in [2.75, 3.05) is 13.2 Å². The summed E-state index contributed by atoms with van der Waals surface area (Å²) < 4.78 is 6.76. The highest BCUT2D eigenvalue weighted by molar-refractivity contribution is 5.97. The van der Waals surface area contributed by atoms with E-state index in [1.54, 1.807) is 30.3 Å². The summed E-state index contributed by atoms with van der Waals surface area (Å²) >= 11 is 0. The molecule has 7 heteroatoms. The van der Waals surface area contributed by atoms with Gasteiger partial charge >= 0.3 is 0 Å². The molecule has 1 N–H and O–H groups in total. The standard InChI is InChI=1S/C24H25N3O4/c1-2-31-20-10-8-18(9-11-20)21-12-15-24(30)27(26-21)17-16-25-23(29)14-13-22(28)19-6-4-3-5-7-19/h3-12,15H,2,13-14,16-17H2,1H3,(H,25,29). The Labute approximate surface area is 180 Å². The summed E-state index contributed by atoms with van der Waals surface area (Å²) in [7, 11) is 0. The van der Waals surface area contributed by atoms with Crippen LogP contribution in [0.1, 0.15) is 30.1 Å². The van der Waals surface area contributed by atoms with Gasteiger partial charge in [0.1, 0.15) is 5.75 Å². The number of hydrogen-bond acceptors (Lipinski definition) is 5. The van der Waals surface area contributed by atoms with Crippen LogP contribution in [-0.2, 0) is 11.3 Å². The van der Waals surface area contributed by atoms with Crippen LogP contribution >= 0.6 is 0 Å². The minimum atomic E-state index is -0.247. The molecular formula is C24H25N3O4. The summed E-state index contributed by atoms with van der Waals surface area (Å²) in [6.45, 7) is 3.00. The van der Waals surface area contributed by atoms with Crippen LogP contribution in [0.4, 0.5) is 0 Å². The number of amides is 1. The fraction of sp³-hybridized carbons (Fsp3) is 0.250. The van der Waals surface area contributed by atoms with Crippen molar-refractivity contribution in [3.63, 3.8) is 0 Å². The fourth-order valence-electron chi connectivity index (χ4n) is 3.04. The van der Waals surface area contributed by atoms with E-state index >= 15 is 0 Å². The lowest BCUT2D eigenvalue weighted by molar-refractivity contribution is -0.121. The Balaban J connectivity index is 1.52. The van der Waals surface area contributed by atoms with Crippen molar-refractivity contribution >= 4 is 11.7 Å². The minimum absolute atomic E-state index is 0.0725. The van der Waals surface area contributed by atoms with Crippen LogP contribution in [0.15, 0.2) is 71.5 Å². The van der Waals surface area contributed by atoms with Gasteiger partial charge in [-0.2, -0.15) is 5.10 Å². The molecule has 31 heavy (non-hydrogen) atoms. The van der Waals surface area contributed by atoms with Crippen molar-refractivity contribution in [3.05, 3.63) is 82.6 Å². The smallest absolute Gasteiger partial charge is 0.266 e. The Kier molecular flexibility index (Phi) is 7.70. The van der Waals surface area contributed by atoms with Crippen LogP contribution in [0.2, 0.25) is 0 Å². The third-order valence-corrected chi connectivity index (χ3v) is 4.65. The van der Waals surface area contributed by atoms with Gasteiger partial charge in [-0.25, -0.2) is 4.68 Å². The van der Waals surface area contributed by atoms with Gasteiger partial charge in [0, 0.05) is 36.6 Å². The number of nitrogens with zero attached hydrogens (tertiary/aromatic N) is 2. The molecule has 0 fully saturated rings. The van der Waals surface area contributed by atoms with Crippen molar-refractivity contribution in [1.82, 2.24) is 15.1 Å². The van der Waals surface area contributed by atoms with E-state index in [4.69, 9.17) is 4.74 Å². The van der Waals surface area contributed by atoms with Crippen LogP contribution < -0.4 is 15.6 Å². The van der Waals surface area contributed by atoms with Crippen LogP contribution in [0.5, 0.6) is 5.75 Å². The summed E-state index contributed by atoms with van der Waals surface area (Å²) in [5.74, 6) is 0.463. The molecule has 0 saturated carbocycles. The Morgan fingerprint density at radius 1 is 0.968 bits per heavy atom. The molecule has 0 spiro atoms. The third kappa shape index (κ3) is 6.37. The first-order chi connectivity index (χ1) is 15.1. The average Bonchev–Trinajstić information content (AvgIpc) is 2.80. The largest absolute Gasteiger partial charge is 0.494 e. The molecular weight excluding hydrogens is 394 g/mol. The maximum absolute atomic E-state index is 12.1. The van der Waals surface area contributed by atoms with E-state index in [-0.39, 0.29) is 43.2 Å². The summed E-state index contributed by atoms with van der Waals surface area (Å²) in [5.41, 5.74) is 1.86. The van der Waals surface area contributed by atoms with E-state index in [0.29, 0.717) is 17.9 Å². The highest BCUT2D eigenvalue weighted by Gasteiger charge is 2.09. The van der Waals surface area contributed by atoms with E-state index in [1.807, 2.05) is 37.3 Å². The summed E-state index contributed by atoms with van der Waals surface area (Å²) in [6, 6.07) is 19.5. The Hall–Kier alpha value is -3.74. The molecule has 1 amide bonds. The van der Waals surface area contributed by atoms with Crippen molar-refractivity contribution in [3.8, 4) is 17.0 Å². The van der Waals surface area contributed by atoms with E-state index in [1.165, 1.54) is 10.7 Å². The van der Waals surface area contributed by atoms with Gasteiger partial charge in [-0.1, -0.05) is 30.3 Å². The first-order valence-corrected chi connectivity index (χ1v) is 10.2. The van der Waals surface area contributed by atoms with Crippen molar-refractivity contribution in [2.45, 2.75) is 26.3 Å². The van der Waals surface area contributed by atoms with Crippen LogP contribution in [0.3, 0.4) is 0 Å². The topological polar surface area (TPSA) is 90.3 Å². The average molecular weight is 419 g/mol. The molecule has 0 atom stereocenters. The van der Waals surface area contributed by atoms with E-state index in [0.717, 1.165) is 11.3 Å². The van der Waals surface area contributed by atoms with Crippen molar-refractivity contribution in [1.29, 1.82) is 0 Å². The van der Waals surface area contributed by atoms with Gasteiger partial charge in [0.2, 0.25) is 5.91 Å². The number of carbonyl (C=O) groups is 2. The second kappa shape index (κ2) is 10.9. The van der Waals surface area contributed by atoms with Crippen LogP contribution in [0, 0.1) is 0 Å². The van der Waals surface area contributed by atoms with Crippen LogP contribution in [-0.4, -0.2) is 34.6 Å². The minimum Gasteiger partial charge on any atom is -0.494 e. The molecule has 3 aromatic rings. The number of Topliss-reactive ketones (excluding diaryl/α,β-unsaturated/α-hetero) is 1. The van der Waals surface area contributed by atoms with Gasteiger partial charge in [0.05, 0.1) is 18.8 Å². The van der Waals surface area contributed by atoms with E-state index in [2.05, 4.69) is 10.4 Å². The number of aromatic nitrogens is 2. The maximum Gasteiger partial charge on any atom is 0.266 e. The number of benzene rings is 2. The number of ketones is 1. The molecule has 2 aromatic carbocycles. The lowest BCUT2D eigenvalue weighted by Gasteiger charge is -2.09. The highest BCUT2D eigenvalue weighted by atomic mass is 16.5. The lowest BCUT2D eigenvalue weighted by Crippen LogP contribution is -2.32. The number of hydrogen-bond donors (Lipinski definition) is 1. The molecule has 7 nitrogen and oxygen atoms in total. The van der Waals surface area contributed by atoms with Crippen LogP contribution in [0.25, 0.3) is 11.3 Å². The molecule has 0 aliphatic rings. The SMILES string of the molecule is CCOc1ccc(-c2ccc(=O)n(CCNC(=O)CCC(=O)c3ccccc3)n2)cc1. The molecule has 0 bridgehead atoms. The number of rotatable bonds is 10.